The van der Waals surface area contributed by atoms with E-state index in [4.69, 9.17) is 26.3 Å². The number of hydrogen-bond acceptors (Lipinski definition) is 7. The molecular formula is C25H20ClN5O3. The molecule has 0 fully saturated rings. The molecule has 8 nitrogen and oxygen atoms in total. The van der Waals surface area contributed by atoms with E-state index >= 15 is 0 Å². The average molecular weight is 474 g/mol. The number of anilines is 2. The van der Waals surface area contributed by atoms with E-state index < -0.39 is 5.56 Å². The topological polar surface area (TPSA) is 102 Å². The van der Waals surface area contributed by atoms with Crippen LogP contribution >= 0.6 is 11.6 Å². The van der Waals surface area contributed by atoms with Gasteiger partial charge in [0.15, 0.2) is 0 Å². The second-order valence-electron chi connectivity index (χ2n) is 7.15. The third-order valence-corrected chi connectivity index (χ3v) is 4.95. The predicted octanol–water partition coefficient (Wildman–Crippen LogP) is 5.15. The summed E-state index contributed by atoms with van der Waals surface area (Å²) in [7, 11) is 0. The van der Waals surface area contributed by atoms with Gasteiger partial charge in [0, 0.05) is 16.8 Å². The van der Waals surface area contributed by atoms with Crippen molar-refractivity contribution in [3.63, 3.8) is 0 Å². The van der Waals surface area contributed by atoms with Gasteiger partial charge in [0.2, 0.25) is 17.6 Å². The summed E-state index contributed by atoms with van der Waals surface area (Å²) >= 11 is 6.00. The molecule has 4 aromatic rings. The summed E-state index contributed by atoms with van der Waals surface area (Å²) in [4.78, 5) is 20.7. The minimum absolute atomic E-state index is 0.179. The number of nitrogens with one attached hydrogen (secondary N) is 1. The Balaban J connectivity index is 1.57. The van der Waals surface area contributed by atoms with Gasteiger partial charge in [0.05, 0.1) is 19.3 Å². The van der Waals surface area contributed by atoms with Crippen molar-refractivity contribution in [2.24, 2.45) is 0 Å². The standard InChI is InChI=1S/C25H20ClN5O3/c1-2-33-22-16-31(15-17-6-8-18(26)9-7-17)25(30-24(22)32)29-19-10-12-21(13-11-19)34-23-5-3-4-20(14-27)28-23/h3-13,16H,2,15H2,1H3,(H,29,30,32). The quantitative estimate of drug-likeness (QED) is 0.377. The molecule has 0 bridgehead atoms. The first-order valence-electron chi connectivity index (χ1n) is 10.4. The van der Waals surface area contributed by atoms with Crippen LogP contribution < -0.4 is 20.3 Å². The van der Waals surface area contributed by atoms with E-state index in [0.717, 1.165) is 5.56 Å². The smallest absolute Gasteiger partial charge is 0.316 e. The van der Waals surface area contributed by atoms with Crippen LogP contribution in [-0.4, -0.2) is 21.1 Å². The highest BCUT2D eigenvalue weighted by molar-refractivity contribution is 6.30. The number of halogens is 1. The third-order valence-electron chi connectivity index (χ3n) is 4.70. The Kier molecular flexibility index (Phi) is 7.06. The molecule has 34 heavy (non-hydrogen) atoms. The van der Waals surface area contributed by atoms with Gasteiger partial charge in [-0.15, -0.1) is 0 Å². The van der Waals surface area contributed by atoms with E-state index in [0.29, 0.717) is 41.4 Å². The maximum Gasteiger partial charge on any atom is 0.316 e. The van der Waals surface area contributed by atoms with Gasteiger partial charge in [-0.2, -0.15) is 10.2 Å². The number of nitriles is 1. The maximum atomic E-state index is 12.4. The van der Waals surface area contributed by atoms with Crippen LogP contribution in [0.4, 0.5) is 11.6 Å². The lowest BCUT2D eigenvalue weighted by molar-refractivity contribution is 0.331. The van der Waals surface area contributed by atoms with E-state index in [-0.39, 0.29) is 11.4 Å². The molecule has 0 atom stereocenters. The molecular weight excluding hydrogens is 454 g/mol. The third kappa shape index (κ3) is 5.71. The molecule has 0 spiro atoms. The molecule has 2 aromatic carbocycles. The fourth-order valence-electron chi connectivity index (χ4n) is 3.12. The Morgan fingerprint density at radius 3 is 2.53 bits per heavy atom. The van der Waals surface area contributed by atoms with E-state index in [1.54, 1.807) is 53.2 Å². The monoisotopic (exact) mass is 473 g/mol. The lowest BCUT2D eigenvalue weighted by Gasteiger charge is -2.16. The van der Waals surface area contributed by atoms with Crippen LogP contribution in [0.15, 0.2) is 77.7 Å². The van der Waals surface area contributed by atoms with Gasteiger partial charge in [-0.25, -0.2) is 4.98 Å². The van der Waals surface area contributed by atoms with Gasteiger partial charge in [-0.3, -0.25) is 4.79 Å². The fraction of sp³-hybridized carbons (Fsp3) is 0.120. The lowest BCUT2D eigenvalue weighted by Crippen LogP contribution is -2.19. The number of pyridine rings is 1. The molecule has 4 rings (SSSR count). The van der Waals surface area contributed by atoms with Gasteiger partial charge in [0.25, 0.3) is 0 Å². The van der Waals surface area contributed by atoms with Crippen LogP contribution in [0.5, 0.6) is 17.4 Å². The van der Waals surface area contributed by atoms with Gasteiger partial charge in [-0.05, 0) is 55.0 Å². The van der Waals surface area contributed by atoms with E-state index in [1.165, 1.54) is 0 Å². The number of aromatic nitrogens is 3. The fourth-order valence-corrected chi connectivity index (χ4v) is 3.25. The number of hydrogen-bond donors (Lipinski definition) is 1. The molecule has 2 heterocycles. The normalized spacial score (nSPS) is 10.4. The molecule has 0 aliphatic heterocycles. The highest BCUT2D eigenvalue weighted by atomic mass is 35.5. The van der Waals surface area contributed by atoms with Crippen molar-refractivity contribution in [2.75, 3.05) is 11.9 Å². The summed E-state index contributed by atoms with van der Waals surface area (Å²) < 4.78 is 13.0. The van der Waals surface area contributed by atoms with Gasteiger partial charge >= 0.3 is 5.56 Å². The van der Waals surface area contributed by atoms with Gasteiger partial charge < -0.3 is 19.4 Å². The number of nitrogens with zero attached hydrogens (tertiary/aromatic N) is 4. The molecule has 0 aliphatic rings. The maximum absolute atomic E-state index is 12.4. The van der Waals surface area contributed by atoms with Crippen LogP contribution in [-0.2, 0) is 6.54 Å². The summed E-state index contributed by atoms with van der Waals surface area (Å²) in [5.41, 5.74) is 1.50. The van der Waals surface area contributed by atoms with E-state index in [9.17, 15) is 4.79 Å². The zero-order valence-electron chi connectivity index (χ0n) is 18.2. The van der Waals surface area contributed by atoms with Crippen molar-refractivity contribution in [3.8, 4) is 23.4 Å². The predicted molar refractivity (Wildman–Crippen MR) is 129 cm³/mol. The first-order valence-corrected chi connectivity index (χ1v) is 10.8. The number of rotatable bonds is 8. The first kappa shape index (κ1) is 22.8. The Labute approximate surface area is 201 Å². The lowest BCUT2D eigenvalue weighted by atomic mass is 10.2. The average Bonchev–Trinajstić information content (AvgIpc) is 2.85. The van der Waals surface area contributed by atoms with Crippen LogP contribution in [0.25, 0.3) is 0 Å². The Bertz CT molecular complexity index is 1380. The van der Waals surface area contributed by atoms with Gasteiger partial charge in [-0.1, -0.05) is 29.8 Å². The highest BCUT2D eigenvalue weighted by Crippen LogP contribution is 2.24. The van der Waals surface area contributed by atoms with Crippen molar-refractivity contribution >= 4 is 23.2 Å². The minimum Gasteiger partial charge on any atom is -0.487 e. The summed E-state index contributed by atoms with van der Waals surface area (Å²) in [5.74, 6) is 1.41. The number of benzene rings is 2. The molecule has 170 valence electrons. The Morgan fingerprint density at radius 2 is 1.82 bits per heavy atom. The Hall–Kier alpha value is -4.35. The second-order valence-corrected chi connectivity index (χ2v) is 7.58. The van der Waals surface area contributed by atoms with Crippen molar-refractivity contribution in [3.05, 3.63) is 99.6 Å². The summed E-state index contributed by atoms with van der Waals surface area (Å²) in [6.45, 7) is 2.62. The highest BCUT2D eigenvalue weighted by Gasteiger charge is 2.11. The van der Waals surface area contributed by atoms with Crippen molar-refractivity contribution in [1.82, 2.24) is 14.5 Å². The molecule has 9 heteroatoms. The van der Waals surface area contributed by atoms with Crippen LogP contribution in [0.2, 0.25) is 5.02 Å². The first-order chi connectivity index (χ1) is 16.5. The molecule has 1 N–H and O–H groups in total. The molecule has 0 unspecified atom stereocenters. The summed E-state index contributed by atoms with van der Waals surface area (Å²) in [5, 5.41) is 12.8. The molecule has 0 radical (unpaired) electrons. The summed E-state index contributed by atoms with van der Waals surface area (Å²) in [6.07, 6.45) is 1.64. The zero-order chi connectivity index (χ0) is 23.9. The largest absolute Gasteiger partial charge is 0.487 e. The van der Waals surface area contributed by atoms with Crippen molar-refractivity contribution < 1.29 is 9.47 Å². The minimum atomic E-state index is -0.458. The van der Waals surface area contributed by atoms with Crippen LogP contribution in [0.3, 0.4) is 0 Å². The second kappa shape index (κ2) is 10.5. The molecule has 0 aliphatic carbocycles. The Morgan fingerprint density at radius 1 is 1.06 bits per heavy atom. The number of ether oxygens (including phenoxy) is 2. The van der Waals surface area contributed by atoms with Crippen molar-refractivity contribution in [2.45, 2.75) is 13.5 Å². The van der Waals surface area contributed by atoms with Crippen LogP contribution in [0.1, 0.15) is 18.2 Å². The molecule has 2 aromatic heterocycles. The van der Waals surface area contributed by atoms with Crippen LogP contribution in [0, 0.1) is 11.3 Å². The molecule has 0 amide bonds. The van der Waals surface area contributed by atoms with E-state index in [1.807, 2.05) is 37.3 Å². The SMILES string of the molecule is CCOc1cn(Cc2ccc(Cl)cc2)c(Nc2ccc(Oc3cccc(C#N)n3)cc2)nc1=O. The van der Waals surface area contributed by atoms with Gasteiger partial charge in [0.1, 0.15) is 17.5 Å². The summed E-state index contributed by atoms with van der Waals surface area (Å²) in [6, 6.07) is 21.5. The zero-order valence-corrected chi connectivity index (χ0v) is 19.0. The van der Waals surface area contributed by atoms with Crippen molar-refractivity contribution in [1.29, 1.82) is 5.26 Å². The molecule has 0 saturated heterocycles. The van der Waals surface area contributed by atoms with E-state index in [2.05, 4.69) is 15.3 Å². The molecule has 0 saturated carbocycles.